The van der Waals surface area contributed by atoms with Gasteiger partial charge in [-0.1, -0.05) is 0 Å². The molecule has 0 amide bonds. The molecule has 2 saturated heterocycles. The lowest BCUT2D eigenvalue weighted by Crippen LogP contribution is -2.41. The van der Waals surface area contributed by atoms with Crippen LogP contribution in [-0.4, -0.2) is 48.8 Å². The van der Waals surface area contributed by atoms with Crippen LogP contribution in [0.3, 0.4) is 0 Å². The number of hydrogen-bond donors (Lipinski definition) is 1. The lowest BCUT2D eigenvalue weighted by atomic mass is 10.1. The van der Waals surface area contributed by atoms with E-state index in [-0.39, 0.29) is 12.4 Å². The van der Waals surface area contributed by atoms with Crippen LogP contribution in [0.1, 0.15) is 6.42 Å². The third kappa shape index (κ3) is 1.27. The van der Waals surface area contributed by atoms with Gasteiger partial charge in [-0.15, -0.1) is 0 Å². The molecule has 1 N–H and O–H groups in total. The normalized spacial score (nSPS) is 49.1. The number of hydrogen-bond acceptors (Lipinski definition) is 4. The molecule has 4 nitrogen and oxygen atoms in total. The number of epoxide rings is 1. The van der Waals surface area contributed by atoms with E-state index in [4.69, 9.17) is 9.47 Å². The van der Waals surface area contributed by atoms with E-state index >= 15 is 0 Å². The molecule has 4 unspecified atom stereocenters. The van der Waals surface area contributed by atoms with E-state index in [0.717, 1.165) is 0 Å². The summed E-state index contributed by atoms with van der Waals surface area (Å²) < 4.78 is 10.2. The second-order valence-electron chi connectivity index (χ2n) is 3.33. The average Bonchev–Trinajstić information content (AvgIpc) is 2.63. The molecule has 0 saturated carbocycles. The Hall–Kier alpha value is -0.160. The molecule has 4 atom stereocenters. The first-order valence-electron chi connectivity index (χ1n) is 3.84. The second-order valence-corrected chi connectivity index (χ2v) is 3.33. The van der Waals surface area contributed by atoms with E-state index in [1.54, 1.807) is 0 Å². The van der Waals surface area contributed by atoms with Gasteiger partial charge in [-0.05, 0) is 14.1 Å². The Bertz CT molecular complexity index is 162. The van der Waals surface area contributed by atoms with Gasteiger partial charge in [0.1, 0.15) is 6.10 Å². The second kappa shape index (κ2) is 2.42. The summed E-state index contributed by atoms with van der Waals surface area (Å²) in [7, 11) is 3.98. The molecule has 2 fully saturated rings. The maximum atomic E-state index is 9.20. The standard InChI is InChI=1S/C7H13NO3/c1-8(2)4-3-5(9)10-7-6(4)11-7/h4-7,9H,3H2,1-2H3. The zero-order valence-electron chi connectivity index (χ0n) is 6.73. The lowest BCUT2D eigenvalue weighted by Gasteiger charge is -2.27. The number of likely N-dealkylation sites (N-methyl/N-ethyl adjacent to an activating group) is 1. The van der Waals surface area contributed by atoms with Crippen molar-refractivity contribution in [2.24, 2.45) is 0 Å². The fourth-order valence-electron chi connectivity index (χ4n) is 1.55. The van der Waals surface area contributed by atoms with Crippen molar-refractivity contribution in [2.45, 2.75) is 31.1 Å². The SMILES string of the molecule is CN(C)C1CC(O)OC2OC21. The molecule has 2 aliphatic rings. The molecule has 0 radical (unpaired) electrons. The van der Waals surface area contributed by atoms with Gasteiger partial charge in [0, 0.05) is 12.5 Å². The molecule has 4 heteroatoms. The quantitative estimate of drug-likeness (QED) is 0.518. The van der Waals surface area contributed by atoms with Crippen molar-refractivity contribution in [3.8, 4) is 0 Å². The van der Waals surface area contributed by atoms with Crippen LogP contribution >= 0.6 is 0 Å². The van der Waals surface area contributed by atoms with Crippen LogP contribution in [0.5, 0.6) is 0 Å². The molecule has 0 spiro atoms. The molecule has 0 aromatic carbocycles. The minimum atomic E-state index is -0.647. The number of aliphatic hydroxyl groups is 1. The van der Waals surface area contributed by atoms with Crippen molar-refractivity contribution in [3.63, 3.8) is 0 Å². The van der Waals surface area contributed by atoms with Crippen molar-refractivity contribution in [1.82, 2.24) is 4.90 Å². The molecule has 2 heterocycles. The molecular weight excluding hydrogens is 146 g/mol. The molecule has 0 bridgehead atoms. The molecule has 0 aliphatic carbocycles. The van der Waals surface area contributed by atoms with Gasteiger partial charge in [0.25, 0.3) is 0 Å². The van der Waals surface area contributed by atoms with Crippen LogP contribution in [0, 0.1) is 0 Å². The summed E-state index contributed by atoms with van der Waals surface area (Å²) in [5, 5.41) is 9.20. The number of rotatable bonds is 1. The monoisotopic (exact) mass is 159 g/mol. The molecular formula is C7H13NO3. The molecule has 2 rings (SSSR count). The molecule has 0 aromatic heterocycles. The fraction of sp³-hybridized carbons (Fsp3) is 1.00. The van der Waals surface area contributed by atoms with Gasteiger partial charge < -0.3 is 19.5 Å². The Morgan fingerprint density at radius 2 is 2.09 bits per heavy atom. The van der Waals surface area contributed by atoms with E-state index in [1.165, 1.54) is 0 Å². The van der Waals surface area contributed by atoms with E-state index in [2.05, 4.69) is 4.90 Å². The van der Waals surface area contributed by atoms with Gasteiger partial charge in [0.15, 0.2) is 12.6 Å². The summed E-state index contributed by atoms with van der Waals surface area (Å²) in [6.07, 6.45) is 0.0412. The van der Waals surface area contributed by atoms with E-state index in [9.17, 15) is 5.11 Å². The molecule has 11 heavy (non-hydrogen) atoms. The summed E-state index contributed by atoms with van der Waals surface area (Å²) in [6.45, 7) is 0. The van der Waals surface area contributed by atoms with Crippen LogP contribution < -0.4 is 0 Å². The van der Waals surface area contributed by atoms with Crippen molar-refractivity contribution >= 4 is 0 Å². The average molecular weight is 159 g/mol. The van der Waals surface area contributed by atoms with Gasteiger partial charge in [0.2, 0.25) is 0 Å². The Labute approximate surface area is 65.7 Å². The predicted octanol–water partition coefficient (Wildman–Crippen LogP) is -0.620. The highest BCUT2D eigenvalue weighted by Gasteiger charge is 2.52. The topological polar surface area (TPSA) is 45.2 Å². The smallest absolute Gasteiger partial charge is 0.189 e. The Kier molecular flexibility index (Phi) is 1.64. The maximum Gasteiger partial charge on any atom is 0.189 e. The van der Waals surface area contributed by atoms with Gasteiger partial charge in [0.05, 0.1) is 0 Å². The molecule has 64 valence electrons. The number of nitrogens with zero attached hydrogens (tertiary/aromatic N) is 1. The van der Waals surface area contributed by atoms with E-state index in [1.807, 2.05) is 14.1 Å². The highest BCUT2D eigenvalue weighted by Crippen LogP contribution is 2.36. The Morgan fingerprint density at radius 1 is 1.36 bits per heavy atom. The Morgan fingerprint density at radius 3 is 2.73 bits per heavy atom. The zero-order valence-corrected chi connectivity index (χ0v) is 6.73. The maximum absolute atomic E-state index is 9.20. The largest absolute Gasteiger partial charge is 0.368 e. The van der Waals surface area contributed by atoms with E-state index < -0.39 is 6.29 Å². The van der Waals surface area contributed by atoms with Crippen LogP contribution in [-0.2, 0) is 9.47 Å². The minimum Gasteiger partial charge on any atom is -0.368 e. The highest BCUT2D eigenvalue weighted by molar-refractivity contribution is 4.93. The summed E-state index contributed by atoms with van der Waals surface area (Å²) in [5.41, 5.74) is 0. The fourth-order valence-corrected chi connectivity index (χ4v) is 1.55. The zero-order chi connectivity index (χ0) is 8.01. The van der Waals surface area contributed by atoms with Gasteiger partial charge in [-0.25, -0.2) is 0 Å². The summed E-state index contributed by atoms with van der Waals surface area (Å²) in [6, 6.07) is 0.309. The van der Waals surface area contributed by atoms with Gasteiger partial charge in [-0.2, -0.15) is 0 Å². The highest BCUT2D eigenvalue weighted by atomic mass is 16.8. The third-order valence-corrected chi connectivity index (χ3v) is 2.26. The summed E-state index contributed by atoms with van der Waals surface area (Å²) in [4.78, 5) is 2.07. The first kappa shape index (κ1) is 7.49. The number of aliphatic hydroxyl groups excluding tert-OH is 1. The summed E-state index contributed by atoms with van der Waals surface area (Å²) >= 11 is 0. The first-order chi connectivity index (χ1) is 5.18. The third-order valence-electron chi connectivity index (χ3n) is 2.26. The number of ether oxygens (including phenoxy) is 2. The van der Waals surface area contributed by atoms with Crippen molar-refractivity contribution in [3.05, 3.63) is 0 Å². The molecule has 0 aromatic rings. The van der Waals surface area contributed by atoms with Crippen LogP contribution in [0.15, 0.2) is 0 Å². The van der Waals surface area contributed by atoms with Crippen LogP contribution in [0.2, 0.25) is 0 Å². The van der Waals surface area contributed by atoms with Crippen molar-refractivity contribution in [2.75, 3.05) is 14.1 Å². The molecule has 2 aliphatic heterocycles. The van der Waals surface area contributed by atoms with E-state index in [0.29, 0.717) is 12.5 Å². The van der Waals surface area contributed by atoms with Gasteiger partial charge in [-0.3, -0.25) is 0 Å². The van der Waals surface area contributed by atoms with Crippen LogP contribution in [0.4, 0.5) is 0 Å². The summed E-state index contributed by atoms with van der Waals surface area (Å²) in [5.74, 6) is 0. The van der Waals surface area contributed by atoms with Crippen LogP contribution in [0.25, 0.3) is 0 Å². The lowest BCUT2D eigenvalue weighted by molar-refractivity contribution is -0.151. The first-order valence-corrected chi connectivity index (χ1v) is 3.84. The van der Waals surface area contributed by atoms with Crippen molar-refractivity contribution in [1.29, 1.82) is 0 Å². The minimum absolute atomic E-state index is 0.147. The van der Waals surface area contributed by atoms with Crippen molar-refractivity contribution < 1.29 is 14.6 Å². The Balaban J connectivity index is 1.99. The predicted molar refractivity (Wildman–Crippen MR) is 37.8 cm³/mol. The van der Waals surface area contributed by atoms with Gasteiger partial charge >= 0.3 is 0 Å². The number of fused-ring (bicyclic) bond motifs is 1.